The maximum absolute atomic E-state index is 13.4. The van der Waals surface area contributed by atoms with Gasteiger partial charge in [-0.15, -0.1) is 0 Å². The average Bonchev–Trinajstić information content (AvgIpc) is 3.19. The third-order valence-corrected chi connectivity index (χ3v) is 5.68. The van der Waals surface area contributed by atoms with E-state index in [0.717, 1.165) is 11.1 Å². The van der Waals surface area contributed by atoms with Crippen molar-refractivity contribution in [2.75, 3.05) is 25.7 Å². The van der Waals surface area contributed by atoms with Crippen molar-refractivity contribution < 1.29 is 19.1 Å². The molecular formula is C26H26N2O4. The van der Waals surface area contributed by atoms with Crippen molar-refractivity contribution in [3.8, 4) is 11.5 Å². The Morgan fingerprint density at radius 3 is 2.06 bits per heavy atom. The van der Waals surface area contributed by atoms with Crippen LogP contribution in [0.3, 0.4) is 0 Å². The smallest absolute Gasteiger partial charge is 0.232 e. The zero-order valence-corrected chi connectivity index (χ0v) is 18.2. The van der Waals surface area contributed by atoms with E-state index in [-0.39, 0.29) is 24.3 Å². The maximum atomic E-state index is 13.4. The average molecular weight is 431 g/mol. The van der Waals surface area contributed by atoms with Crippen molar-refractivity contribution in [2.45, 2.75) is 18.4 Å². The van der Waals surface area contributed by atoms with Crippen LogP contribution in [0.4, 0.5) is 5.69 Å². The molecule has 1 fully saturated rings. The maximum Gasteiger partial charge on any atom is 0.232 e. The molecule has 0 unspecified atom stereocenters. The van der Waals surface area contributed by atoms with Crippen LogP contribution in [-0.4, -0.2) is 38.6 Å². The predicted octanol–water partition coefficient (Wildman–Crippen LogP) is 3.76. The summed E-state index contributed by atoms with van der Waals surface area (Å²) in [6.45, 7) is 0.399. The van der Waals surface area contributed by atoms with Gasteiger partial charge in [0.1, 0.15) is 0 Å². The lowest BCUT2D eigenvalue weighted by Crippen LogP contribution is -2.40. The quantitative estimate of drug-likeness (QED) is 0.620. The van der Waals surface area contributed by atoms with Crippen LogP contribution in [0.2, 0.25) is 0 Å². The summed E-state index contributed by atoms with van der Waals surface area (Å²) in [5, 5.41) is 3.10. The van der Waals surface area contributed by atoms with Gasteiger partial charge in [0.2, 0.25) is 11.8 Å². The first-order valence-electron chi connectivity index (χ1n) is 10.5. The van der Waals surface area contributed by atoms with E-state index >= 15 is 0 Å². The van der Waals surface area contributed by atoms with Gasteiger partial charge in [-0.05, 0) is 23.3 Å². The third kappa shape index (κ3) is 4.44. The zero-order chi connectivity index (χ0) is 22.5. The molecule has 0 saturated carbocycles. The number of rotatable bonds is 7. The van der Waals surface area contributed by atoms with Crippen molar-refractivity contribution in [2.24, 2.45) is 0 Å². The normalized spacial score (nSPS) is 15.7. The minimum atomic E-state index is -0.442. The molecule has 0 aromatic heterocycles. The largest absolute Gasteiger partial charge is 0.493 e. The molecule has 4 rings (SSSR count). The second-order valence-electron chi connectivity index (χ2n) is 7.71. The first-order valence-corrected chi connectivity index (χ1v) is 10.5. The summed E-state index contributed by atoms with van der Waals surface area (Å²) in [6.07, 6.45) is 0.246. The lowest BCUT2D eigenvalue weighted by molar-refractivity contribution is -0.122. The fourth-order valence-electron chi connectivity index (χ4n) is 4.12. The Bertz CT molecular complexity index is 1050. The Hall–Kier alpha value is -3.80. The van der Waals surface area contributed by atoms with Crippen molar-refractivity contribution in [3.05, 3.63) is 90.0 Å². The van der Waals surface area contributed by atoms with Gasteiger partial charge in [-0.25, -0.2) is 0 Å². The lowest BCUT2D eigenvalue weighted by Gasteiger charge is -2.22. The molecule has 0 bridgehead atoms. The molecule has 32 heavy (non-hydrogen) atoms. The Balaban J connectivity index is 1.52. The van der Waals surface area contributed by atoms with Gasteiger partial charge in [0.05, 0.1) is 26.2 Å². The van der Waals surface area contributed by atoms with E-state index in [1.165, 1.54) is 0 Å². The van der Waals surface area contributed by atoms with Crippen LogP contribution < -0.4 is 19.7 Å². The molecule has 0 spiro atoms. The lowest BCUT2D eigenvalue weighted by atomic mass is 9.90. The SMILES string of the molecule is COc1ccc(N2C[C@@H](NC(=O)C(c3ccccc3)c3ccccc3)CC2=O)cc1OC. The molecule has 1 N–H and O–H groups in total. The highest BCUT2D eigenvalue weighted by molar-refractivity contribution is 5.97. The fourth-order valence-corrected chi connectivity index (χ4v) is 4.12. The summed E-state index contributed by atoms with van der Waals surface area (Å²) >= 11 is 0. The van der Waals surface area contributed by atoms with E-state index in [1.807, 2.05) is 66.7 Å². The third-order valence-electron chi connectivity index (χ3n) is 5.68. The molecule has 1 atom stereocenters. The summed E-state index contributed by atoms with van der Waals surface area (Å²) in [4.78, 5) is 27.8. The van der Waals surface area contributed by atoms with E-state index < -0.39 is 5.92 Å². The van der Waals surface area contributed by atoms with Crippen LogP contribution >= 0.6 is 0 Å². The standard InChI is InChI=1S/C26H26N2O4/c1-31-22-14-13-21(16-23(22)32-2)28-17-20(15-24(28)29)27-26(30)25(18-9-5-3-6-10-18)19-11-7-4-8-12-19/h3-14,16,20,25H,15,17H2,1-2H3,(H,27,30)/t20-/m0/s1. The number of ether oxygens (including phenoxy) is 2. The molecule has 0 aliphatic carbocycles. The minimum Gasteiger partial charge on any atom is -0.493 e. The number of hydrogen-bond donors (Lipinski definition) is 1. The Morgan fingerprint density at radius 2 is 1.50 bits per heavy atom. The van der Waals surface area contributed by atoms with E-state index in [0.29, 0.717) is 23.7 Å². The van der Waals surface area contributed by atoms with Gasteiger partial charge in [-0.2, -0.15) is 0 Å². The highest BCUT2D eigenvalue weighted by atomic mass is 16.5. The van der Waals surface area contributed by atoms with E-state index in [9.17, 15) is 9.59 Å². The zero-order valence-electron chi connectivity index (χ0n) is 18.2. The summed E-state index contributed by atoms with van der Waals surface area (Å²) in [5.41, 5.74) is 2.54. The highest BCUT2D eigenvalue weighted by Gasteiger charge is 2.34. The second-order valence-corrected chi connectivity index (χ2v) is 7.71. The number of benzene rings is 3. The summed E-state index contributed by atoms with van der Waals surface area (Å²) in [5.74, 6) is 0.551. The van der Waals surface area contributed by atoms with Crippen LogP contribution in [0, 0.1) is 0 Å². The highest BCUT2D eigenvalue weighted by Crippen LogP contribution is 2.33. The molecule has 1 saturated heterocycles. The molecule has 6 heteroatoms. The van der Waals surface area contributed by atoms with Crippen LogP contribution in [0.1, 0.15) is 23.5 Å². The van der Waals surface area contributed by atoms with Gasteiger partial charge in [0.25, 0.3) is 0 Å². The monoisotopic (exact) mass is 430 g/mol. The number of methoxy groups -OCH3 is 2. The Labute approximate surface area is 187 Å². The summed E-state index contributed by atoms with van der Waals surface area (Å²) in [7, 11) is 3.13. The molecule has 3 aromatic rings. The Morgan fingerprint density at radius 1 is 0.906 bits per heavy atom. The second kappa shape index (κ2) is 9.56. The van der Waals surface area contributed by atoms with Crippen LogP contribution in [0.25, 0.3) is 0 Å². The van der Waals surface area contributed by atoms with Crippen molar-refractivity contribution in [3.63, 3.8) is 0 Å². The van der Waals surface area contributed by atoms with Gasteiger partial charge in [0, 0.05) is 24.7 Å². The molecule has 3 aromatic carbocycles. The van der Waals surface area contributed by atoms with Gasteiger partial charge < -0.3 is 19.7 Å². The predicted molar refractivity (Wildman–Crippen MR) is 123 cm³/mol. The fraction of sp³-hybridized carbons (Fsp3) is 0.231. The minimum absolute atomic E-state index is 0.0431. The molecule has 1 aliphatic rings. The summed E-state index contributed by atoms with van der Waals surface area (Å²) in [6, 6.07) is 24.5. The molecule has 6 nitrogen and oxygen atoms in total. The van der Waals surface area contributed by atoms with Crippen molar-refractivity contribution >= 4 is 17.5 Å². The Kier molecular flexibility index (Phi) is 6.40. The van der Waals surface area contributed by atoms with Gasteiger partial charge >= 0.3 is 0 Å². The van der Waals surface area contributed by atoms with E-state index in [4.69, 9.17) is 9.47 Å². The first-order chi connectivity index (χ1) is 15.6. The molecular weight excluding hydrogens is 404 g/mol. The van der Waals surface area contributed by atoms with Gasteiger partial charge in [-0.1, -0.05) is 60.7 Å². The first kappa shape index (κ1) is 21.4. The van der Waals surface area contributed by atoms with E-state index in [2.05, 4.69) is 5.32 Å². The topological polar surface area (TPSA) is 67.9 Å². The number of carbonyl (C=O) groups excluding carboxylic acids is 2. The number of carbonyl (C=O) groups is 2. The number of amides is 2. The number of nitrogens with one attached hydrogen (secondary N) is 1. The summed E-state index contributed by atoms with van der Waals surface area (Å²) < 4.78 is 10.6. The molecule has 164 valence electrons. The van der Waals surface area contributed by atoms with Crippen molar-refractivity contribution in [1.82, 2.24) is 5.32 Å². The number of nitrogens with zero attached hydrogens (tertiary/aromatic N) is 1. The van der Waals surface area contributed by atoms with Gasteiger partial charge in [-0.3, -0.25) is 9.59 Å². The van der Waals surface area contributed by atoms with Crippen LogP contribution in [0.5, 0.6) is 11.5 Å². The molecule has 1 heterocycles. The van der Waals surface area contributed by atoms with Crippen molar-refractivity contribution in [1.29, 1.82) is 0 Å². The van der Waals surface area contributed by atoms with Gasteiger partial charge in [0.15, 0.2) is 11.5 Å². The van der Waals surface area contributed by atoms with Crippen LogP contribution in [-0.2, 0) is 9.59 Å². The molecule has 0 radical (unpaired) electrons. The van der Waals surface area contributed by atoms with E-state index in [1.54, 1.807) is 31.3 Å². The number of hydrogen-bond acceptors (Lipinski definition) is 4. The molecule has 2 amide bonds. The molecule has 1 aliphatic heterocycles. The van der Waals surface area contributed by atoms with Crippen LogP contribution in [0.15, 0.2) is 78.9 Å². The number of anilines is 1.